The molecule has 0 radical (unpaired) electrons. The van der Waals surface area contributed by atoms with Crippen molar-refractivity contribution < 1.29 is 37.4 Å². The van der Waals surface area contributed by atoms with Crippen LogP contribution in [0.4, 0.5) is 8.78 Å². The summed E-state index contributed by atoms with van der Waals surface area (Å²) in [5.41, 5.74) is 0.462. The summed E-state index contributed by atoms with van der Waals surface area (Å²) in [5, 5.41) is 2.37. The fraction of sp³-hybridized carbons (Fsp3) is 0.211. The van der Waals surface area contributed by atoms with Crippen molar-refractivity contribution in [3.63, 3.8) is 0 Å². The topological polar surface area (TPSA) is 90.9 Å². The van der Waals surface area contributed by atoms with Gasteiger partial charge in [0.1, 0.15) is 18.0 Å². The summed E-state index contributed by atoms with van der Waals surface area (Å²) in [7, 11) is 1.46. The normalized spacial score (nSPS) is 10.3. The summed E-state index contributed by atoms with van der Waals surface area (Å²) in [6.07, 6.45) is 0. The number of benzene rings is 2. The van der Waals surface area contributed by atoms with E-state index in [1.54, 1.807) is 18.2 Å². The lowest BCUT2D eigenvalue weighted by molar-refractivity contribution is -0.141. The van der Waals surface area contributed by atoms with Crippen molar-refractivity contribution >= 4 is 17.7 Å². The summed E-state index contributed by atoms with van der Waals surface area (Å²) >= 11 is 0. The SMILES string of the molecule is COc1cccc(C(=O)NCC(=O)OCC(=O)c2ccc(OC(F)F)cc2)c1. The first-order chi connectivity index (χ1) is 13.4. The van der Waals surface area contributed by atoms with E-state index in [4.69, 9.17) is 9.47 Å². The molecule has 7 nitrogen and oxygen atoms in total. The highest BCUT2D eigenvalue weighted by molar-refractivity contribution is 5.99. The van der Waals surface area contributed by atoms with Crippen molar-refractivity contribution in [1.82, 2.24) is 5.32 Å². The molecular weight excluding hydrogens is 376 g/mol. The van der Waals surface area contributed by atoms with Gasteiger partial charge in [-0.3, -0.25) is 14.4 Å². The van der Waals surface area contributed by atoms with Crippen LogP contribution in [0, 0.1) is 0 Å². The molecule has 0 unspecified atom stereocenters. The molecule has 0 bridgehead atoms. The standard InChI is InChI=1S/C19H17F2NO6/c1-26-15-4-2-3-13(9-15)18(25)22-10-17(24)27-11-16(23)12-5-7-14(8-6-12)28-19(20)21/h2-9,19H,10-11H2,1H3,(H,22,25). The van der Waals surface area contributed by atoms with Gasteiger partial charge in [0.2, 0.25) is 0 Å². The number of ether oxygens (including phenoxy) is 3. The minimum Gasteiger partial charge on any atom is -0.497 e. The minimum absolute atomic E-state index is 0.0937. The Hall–Kier alpha value is -3.49. The van der Waals surface area contributed by atoms with E-state index in [1.807, 2.05) is 0 Å². The van der Waals surface area contributed by atoms with Gasteiger partial charge in [0.05, 0.1) is 7.11 Å². The molecule has 2 rings (SSSR count). The second-order valence-corrected chi connectivity index (χ2v) is 5.40. The maximum atomic E-state index is 12.1. The van der Waals surface area contributed by atoms with Crippen molar-refractivity contribution in [3.8, 4) is 11.5 Å². The van der Waals surface area contributed by atoms with Crippen LogP contribution in [0.25, 0.3) is 0 Å². The quantitative estimate of drug-likeness (QED) is 0.520. The number of nitrogens with one attached hydrogen (secondary N) is 1. The highest BCUT2D eigenvalue weighted by atomic mass is 19.3. The van der Waals surface area contributed by atoms with Crippen molar-refractivity contribution in [3.05, 3.63) is 59.7 Å². The van der Waals surface area contributed by atoms with Gasteiger partial charge in [0.15, 0.2) is 12.4 Å². The van der Waals surface area contributed by atoms with Crippen LogP contribution in [-0.4, -0.2) is 44.5 Å². The van der Waals surface area contributed by atoms with Gasteiger partial charge in [-0.2, -0.15) is 8.78 Å². The number of hydrogen-bond acceptors (Lipinski definition) is 6. The number of methoxy groups -OCH3 is 1. The number of rotatable bonds is 9. The van der Waals surface area contributed by atoms with E-state index < -0.39 is 37.4 Å². The molecule has 0 aliphatic heterocycles. The number of halogens is 2. The number of hydrogen-bond donors (Lipinski definition) is 1. The van der Waals surface area contributed by atoms with E-state index in [-0.39, 0.29) is 11.3 Å². The molecule has 2 aromatic rings. The molecule has 0 aromatic heterocycles. The molecular formula is C19H17F2NO6. The smallest absolute Gasteiger partial charge is 0.387 e. The van der Waals surface area contributed by atoms with Crippen molar-refractivity contribution in [1.29, 1.82) is 0 Å². The van der Waals surface area contributed by atoms with E-state index >= 15 is 0 Å². The maximum Gasteiger partial charge on any atom is 0.387 e. The number of alkyl halides is 2. The third-order valence-electron chi connectivity index (χ3n) is 3.49. The lowest BCUT2D eigenvalue weighted by atomic mass is 10.1. The molecule has 1 amide bonds. The third kappa shape index (κ3) is 6.35. The molecule has 0 aliphatic carbocycles. The van der Waals surface area contributed by atoms with E-state index in [9.17, 15) is 23.2 Å². The maximum absolute atomic E-state index is 12.1. The molecule has 0 fully saturated rings. The molecule has 0 saturated carbocycles. The second-order valence-electron chi connectivity index (χ2n) is 5.40. The third-order valence-corrected chi connectivity index (χ3v) is 3.49. The van der Waals surface area contributed by atoms with E-state index in [0.29, 0.717) is 11.3 Å². The average molecular weight is 393 g/mol. The van der Waals surface area contributed by atoms with Gasteiger partial charge in [-0.15, -0.1) is 0 Å². The number of carbonyl (C=O) groups excluding carboxylic acids is 3. The number of amides is 1. The van der Waals surface area contributed by atoms with Crippen LogP contribution in [0.15, 0.2) is 48.5 Å². The first-order valence-electron chi connectivity index (χ1n) is 8.05. The summed E-state index contributed by atoms with van der Waals surface area (Å²) < 4.78 is 38.2. The molecule has 148 valence electrons. The molecule has 0 spiro atoms. The van der Waals surface area contributed by atoms with Gasteiger partial charge in [0, 0.05) is 11.1 Å². The second kappa shape index (κ2) is 10.0. The van der Waals surface area contributed by atoms with Crippen molar-refractivity contribution in [2.75, 3.05) is 20.3 Å². The Morgan fingerprint density at radius 1 is 1.00 bits per heavy atom. The molecule has 0 aliphatic rings. The largest absolute Gasteiger partial charge is 0.497 e. The molecule has 9 heteroatoms. The van der Waals surface area contributed by atoms with Crippen LogP contribution in [0.3, 0.4) is 0 Å². The Kier molecular flexibility index (Phi) is 7.44. The van der Waals surface area contributed by atoms with Gasteiger partial charge in [0.25, 0.3) is 5.91 Å². The molecule has 0 saturated heterocycles. The van der Waals surface area contributed by atoms with Crippen molar-refractivity contribution in [2.24, 2.45) is 0 Å². The van der Waals surface area contributed by atoms with E-state index in [2.05, 4.69) is 10.1 Å². The van der Waals surface area contributed by atoms with Crippen LogP contribution >= 0.6 is 0 Å². The van der Waals surface area contributed by atoms with Crippen LogP contribution in [0.1, 0.15) is 20.7 Å². The predicted octanol–water partition coefficient (Wildman–Crippen LogP) is 2.45. The molecule has 0 heterocycles. The Morgan fingerprint density at radius 2 is 1.71 bits per heavy atom. The zero-order chi connectivity index (χ0) is 20.5. The zero-order valence-electron chi connectivity index (χ0n) is 14.8. The number of esters is 1. The highest BCUT2D eigenvalue weighted by Gasteiger charge is 2.13. The Balaban J connectivity index is 1.78. The lowest BCUT2D eigenvalue weighted by Gasteiger charge is -2.08. The van der Waals surface area contributed by atoms with Gasteiger partial charge >= 0.3 is 12.6 Å². The summed E-state index contributed by atoms with van der Waals surface area (Å²) in [6, 6.07) is 11.3. The lowest BCUT2D eigenvalue weighted by Crippen LogP contribution is -2.31. The van der Waals surface area contributed by atoms with Crippen LogP contribution in [-0.2, 0) is 9.53 Å². The molecule has 1 N–H and O–H groups in total. The molecule has 0 atom stereocenters. The first-order valence-corrected chi connectivity index (χ1v) is 8.05. The van der Waals surface area contributed by atoms with Gasteiger partial charge in [-0.25, -0.2) is 0 Å². The molecule has 2 aromatic carbocycles. The number of Topliss-reactive ketones (excluding diaryl/α,β-unsaturated/α-hetero) is 1. The van der Waals surface area contributed by atoms with E-state index in [1.165, 1.54) is 37.4 Å². The number of ketones is 1. The van der Waals surface area contributed by atoms with E-state index in [0.717, 1.165) is 0 Å². The number of carbonyl (C=O) groups is 3. The average Bonchev–Trinajstić information content (AvgIpc) is 2.70. The minimum atomic E-state index is -2.96. The predicted molar refractivity (Wildman–Crippen MR) is 93.7 cm³/mol. The van der Waals surface area contributed by atoms with Gasteiger partial charge in [-0.05, 0) is 42.5 Å². The first kappa shape index (κ1) is 20.8. The van der Waals surface area contributed by atoms with Gasteiger partial charge in [-0.1, -0.05) is 6.07 Å². The van der Waals surface area contributed by atoms with Gasteiger partial charge < -0.3 is 19.5 Å². The monoisotopic (exact) mass is 393 g/mol. The summed E-state index contributed by atoms with van der Waals surface area (Å²) in [4.78, 5) is 35.6. The van der Waals surface area contributed by atoms with Crippen molar-refractivity contribution in [2.45, 2.75) is 6.61 Å². The Labute approximate surface area is 159 Å². The van der Waals surface area contributed by atoms with Crippen LogP contribution in [0.2, 0.25) is 0 Å². The highest BCUT2D eigenvalue weighted by Crippen LogP contribution is 2.15. The summed E-state index contributed by atoms with van der Waals surface area (Å²) in [5.74, 6) is -1.44. The zero-order valence-corrected chi connectivity index (χ0v) is 14.8. The summed E-state index contributed by atoms with van der Waals surface area (Å²) in [6.45, 7) is -3.94. The fourth-order valence-corrected chi connectivity index (χ4v) is 2.12. The fourth-order valence-electron chi connectivity index (χ4n) is 2.12. The Morgan fingerprint density at radius 3 is 2.36 bits per heavy atom. The van der Waals surface area contributed by atoms with Crippen LogP contribution < -0.4 is 14.8 Å². The van der Waals surface area contributed by atoms with Crippen LogP contribution in [0.5, 0.6) is 11.5 Å². The Bertz CT molecular complexity index is 839. The molecule has 28 heavy (non-hydrogen) atoms.